The molecule has 0 saturated carbocycles. The Morgan fingerprint density at radius 1 is 0.744 bits per heavy atom. The molecule has 6 heteroatoms. The molecule has 1 aliphatic heterocycles. The summed E-state index contributed by atoms with van der Waals surface area (Å²) >= 11 is 0. The molecule has 1 aliphatic rings. The van der Waals surface area contributed by atoms with Crippen molar-refractivity contribution in [2.45, 2.75) is 12.6 Å². The summed E-state index contributed by atoms with van der Waals surface area (Å²) in [5.41, 5.74) is 5.72. The predicted octanol–water partition coefficient (Wildman–Crippen LogP) is 5.63. The molecule has 39 heavy (non-hydrogen) atoms. The first kappa shape index (κ1) is 25.3. The summed E-state index contributed by atoms with van der Waals surface area (Å²) in [4.78, 5) is 5.19. The minimum absolute atomic E-state index is 0.302. The lowest BCUT2D eigenvalue weighted by atomic mass is 9.96. The van der Waals surface area contributed by atoms with Gasteiger partial charge in [0.2, 0.25) is 0 Å². The van der Waals surface area contributed by atoms with Gasteiger partial charge in [0.05, 0.1) is 23.7 Å². The lowest BCUT2D eigenvalue weighted by Gasteiger charge is -2.39. The number of aromatic nitrogens is 2. The van der Waals surface area contributed by atoms with E-state index in [4.69, 9.17) is 9.52 Å². The summed E-state index contributed by atoms with van der Waals surface area (Å²) in [6.45, 7) is 6.93. The van der Waals surface area contributed by atoms with E-state index in [1.165, 1.54) is 11.1 Å². The number of nitrogens with zero attached hydrogens (tertiary/aromatic N) is 4. The molecule has 0 radical (unpaired) electrons. The molecule has 6 nitrogen and oxygen atoms in total. The minimum atomic E-state index is 0.302. The lowest BCUT2D eigenvalue weighted by Crippen LogP contribution is -2.49. The SMILES string of the molecule is c1ccc(C(c2ccccc2)N2CCN(CCNCc3cc(-c4ccco4)n(-c4ccccc4)n3)CC2)cc1. The van der Waals surface area contributed by atoms with E-state index < -0.39 is 0 Å². The van der Waals surface area contributed by atoms with Gasteiger partial charge < -0.3 is 9.73 Å². The second-order valence-corrected chi connectivity index (χ2v) is 10.0. The summed E-state index contributed by atoms with van der Waals surface area (Å²) in [6, 6.07) is 38.3. The number of benzene rings is 3. The van der Waals surface area contributed by atoms with Crippen LogP contribution < -0.4 is 5.32 Å². The molecular weight excluding hydrogens is 482 g/mol. The Hall–Kier alpha value is -3.97. The Kier molecular flexibility index (Phi) is 7.96. The van der Waals surface area contributed by atoms with Crippen LogP contribution in [0.1, 0.15) is 22.9 Å². The molecule has 0 bridgehead atoms. The smallest absolute Gasteiger partial charge is 0.152 e. The Labute approximate surface area is 230 Å². The molecule has 2 aromatic heterocycles. The summed E-state index contributed by atoms with van der Waals surface area (Å²) in [5.74, 6) is 0.819. The van der Waals surface area contributed by atoms with Crippen LogP contribution in [0.15, 0.2) is 120 Å². The topological polar surface area (TPSA) is 49.5 Å². The molecule has 1 N–H and O–H groups in total. The number of para-hydroxylation sites is 1. The highest BCUT2D eigenvalue weighted by atomic mass is 16.3. The first-order chi connectivity index (χ1) is 19.3. The maximum atomic E-state index is 5.69. The van der Waals surface area contributed by atoms with Gasteiger partial charge in [0.25, 0.3) is 0 Å². The number of hydrogen-bond acceptors (Lipinski definition) is 5. The number of hydrogen-bond donors (Lipinski definition) is 1. The molecule has 0 atom stereocenters. The van der Waals surface area contributed by atoms with Crippen LogP contribution >= 0.6 is 0 Å². The van der Waals surface area contributed by atoms with Crippen molar-refractivity contribution in [1.82, 2.24) is 24.9 Å². The maximum absolute atomic E-state index is 5.69. The fourth-order valence-electron chi connectivity index (χ4n) is 5.47. The predicted molar refractivity (Wildman–Crippen MR) is 156 cm³/mol. The van der Waals surface area contributed by atoms with Gasteiger partial charge in [-0.2, -0.15) is 5.10 Å². The number of furan rings is 1. The van der Waals surface area contributed by atoms with Crippen molar-refractivity contribution in [3.8, 4) is 17.1 Å². The Morgan fingerprint density at radius 2 is 1.38 bits per heavy atom. The van der Waals surface area contributed by atoms with Crippen molar-refractivity contribution in [3.63, 3.8) is 0 Å². The highest BCUT2D eigenvalue weighted by Gasteiger charge is 2.26. The monoisotopic (exact) mass is 517 g/mol. The molecule has 0 aliphatic carbocycles. The Bertz CT molecular complexity index is 1370. The number of piperazine rings is 1. The molecule has 198 valence electrons. The van der Waals surface area contributed by atoms with Crippen LogP contribution in [0.3, 0.4) is 0 Å². The first-order valence-electron chi connectivity index (χ1n) is 13.8. The van der Waals surface area contributed by atoms with Gasteiger partial charge in [0.1, 0.15) is 5.69 Å². The number of nitrogens with one attached hydrogen (secondary N) is 1. The van der Waals surface area contributed by atoms with Crippen molar-refractivity contribution < 1.29 is 4.42 Å². The molecular formula is C33H35N5O. The number of rotatable bonds is 10. The molecule has 6 rings (SSSR count). The van der Waals surface area contributed by atoms with Gasteiger partial charge in [-0.25, -0.2) is 4.68 Å². The molecule has 0 unspecified atom stereocenters. The van der Waals surface area contributed by atoms with E-state index in [2.05, 4.69) is 94.0 Å². The fraction of sp³-hybridized carbons (Fsp3) is 0.242. The third kappa shape index (κ3) is 6.04. The van der Waals surface area contributed by atoms with Crippen LogP contribution in [0.4, 0.5) is 0 Å². The normalized spacial score (nSPS) is 14.7. The zero-order chi connectivity index (χ0) is 26.3. The van der Waals surface area contributed by atoms with Gasteiger partial charge >= 0.3 is 0 Å². The van der Waals surface area contributed by atoms with Crippen molar-refractivity contribution in [3.05, 3.63) is 132 Å². The van der Waals surface area contributed by atoms with E-state index in [9.17, 15) is 0 Å². The van der Waals surface area contributed by atoms with Gasteiger partial charge in [-0.15, -0.1) is 0 Å². The lowest BCUT2D eigenvalue weighted by molar-refractivity contribution is 0.110. The summed E-state index contributed by atoms with van der Waals surface area (Å²) in [7, 11) is 0. The third-order valence-corrected chi connectivity index (χ3v) is 7.45. The van der Waals surface area contributed by atoms with E-state index in [0.717, 1.165) is 68.6 Å². The van der Waals surface area contributed by atoms with E-state index in [1.54, 1.807) is 6.26 Å². The highest BCUT2D eigenvalue weighted by Crippen LogP contribution is 2.29. The van der Waals surface area contributed by atoms with Crippen LogP contribution in [0, 0.1) is 0 Å². The quantitative estimate of drug-likeness (QED) is 0.243. The van der Waals surface area contributed by atoms with Crippen molar-refractivity contribution in [2.24, 2.45) is 0 Å². The van der Waals surface area contributed by atoms with Gasteiger partial charge in [-0.1, -0.05) is 78.9 Å². The molecule has 0 amide bonds. The largest absolute Gasteiger partial charge is 0.463 e. The van der Waals surface area contributed by atoms with Crippen molar-refractivity contribution in [2.75, 3.05) is 39.3 Å². The standard InChI is InChI=1S/C33H35N5O/c1-4-11-27(12-5-1)33(28-13-6-2-7-14-28)37-22-20-36(21-23-37)19-18-34-26-29-25-31(32-17-10-24-39-32)38(35-29)30-15-8-3-9-16-30/h1-17,24-25,33-34H,18-23,26H2. The second kappa shape index (κ2) is 12.3. The second-order valence-electron chi connectivity index (χ2n) is 10.0. The summed E-state index contributed by atoms with van der Waals surface area (Å²) in [6.07, 6.45) is 1.71. The Morgan fingerprint density at radius 3 is 2.00 bits per heavy atom. The minimum Gasteiger partial charge on any atom is -0.463 e. The molecule has 1 saturated heterocycles. The summed E-state index contributed by atoms with van der Waals surface area (Å²) < 4.78 is 7.65. The maximum Gasteiger partial charge on any atom is 0.152 e. The van der Waals surface area contributed by atoms with Crippen LogP contribution in [0.2, 0.25) is 0 Å². The molecule has 3 aromatic carbocycles. The van der Waals surface area contributed by atoms with Crippen molar-refractivity contribution in [1.29, 1.82) is 0 Å². The molecule has 3 heterocycles. The molecule has 1 fully saturated rings. The van der Waals surface area contributed by atoms with E-state index >= 15 is 0 Å². The van der Waals surface area contributed by atoms with E-state index in [0.29, 0.717) is 6.04 Å². The molecule has 5 aromatic rings. The van der Waals surface area contributed by atoms with Crippen LogP contribution in [0.25, 0.3) is 17.1 Å². The average Bonchev–Trinajstić information content (AvgIpc) is 3.69. The third-order valence-electron chi connectivity index (χ3n) is 7.45. The van der Waals surface area contributed by atoms with Crippen molar-refractivity contribution >= 4 is 0 Å². The van der Waals surface area contributed by atoms with Crippen LogP contribution in [-0.4, -0.2) is 58.8 Å². The van der Waals surface area contributed by atoms with Gasteiger partial charge in [0.15, 0.2) is 5.76 Å². The molecule has 0 spiro atoms. The van der Waals surface area contributed by atoms with Gasteiger partial charge in [-0.05, 0) is 41.5 Å². The van der Waals surface area contributed by atoms with E-state index in [-0.39, 0.29) is 0 Å². The summed E-state index contributed by atoms with van der Waals surface area (Å²) in [5, 5.41) is 8.49. The zero-order valence-electron chi connectivity index (χ0n) is 22.2. The fourth-order valence-corrected chi connectivity index (χ4v) is 5.47. The highest BCUT2D eigenvalue weighted by molar-refractivity contribution is 5.57. The van der Waals surface area contributed by atoms with Gasteiger partial charge in [0, 0.05) is 45.8 Å². The van der Waals surface area contributed by atoms with E-state index in [1.807, 2.05) is 35.0 Å². The van der Waals surface area contributed by atoms with Crippen LogP contribution in [0.5, 0.6) is 0 Å². The zero-order valence-corrected chi connectivity index (χ0v) is 22.2. The first-order valence-corrected chi connectivity index (χ1v) is 13.8. The van der Waals surface area contributed by atoms with Gasteiger partial charge in [-0.3, -0.25) is 9.80 Å². The Balaban J connectivity index is 1.03. The average molecular weight is 518 g/mol. The van der Waals surface area contributed by atoms with Crippen LogP contribution in [-0.2, 0) is 6.54 Å².